The van der Waals surface area contributed by atoms with Crippen molar-refractivity contribution in [3.63, 3.8) is 0 Å². The van der Waals surface area contributed by atoms with E-state index in [-0.39, 0.29) is 5.28 Å². The van der Waals surface area contributed by atoms with E-state index in [4.69, 9.17) is 21.1 Å². The summed E-state index contributed by atoms with van der Waals surface area (Å²) >= 11 is 5.99. The third kappa shape index (κ3) is 2.76. The molecule has 0 spiro atoms. The highest BCUT2D eigenvalue weighted by Crippen LogP contribution is 2.25. The fraction of sp³-hybridized carbons (Fsp3) is 0.125. The van der Waals surface area contributed by atoms with E-state index in [1.807, 2.05) is 48.5 Å². The van der Waals surface area contributed by atoms with E-state index in [1.54, 1.807) is 18.9 Å². The second-order valence-electron chi connectivity index (χ2n) is 4.54. The number of hydrogen-bond donors (Lipinski definition) is 0. The topological polar surface area (TPSA) is 49.2 Å². The fourth-order valence-corrected chi connectivity index (χ4v) is 2.27. The van der Waals surface area contributed by atoms with Crippen molar-refractivity contribution in [1.82, 2.24) is 14.8 Å². The first-order chi connectivity index (χ1) is 10.7. The summed E-state index contributed by atoms with van der Waals surface area (Å²) in [6, 6.07) is 15.1. The Balaban J connectivity index is 2.04. The fourth-order valence-electron chi connectivity index (χ4n) is 2.12. The van der Waals surface area contributed by atoms with Crippen molar-refractivity contribution in [3.05, 3.63) is 53.8 Å². The maximum absolute atomic E-state index is 5.99. The van der Waals surface area contributed by atoms with Crippen LogP contribution in [0.3, 0.4) is 0 Å². The van der Waals surface area contributed by atoms with Crippen LogP contribution in [0.1, 0.15) is 0 Å². The van der Waals surface area contributed by atoms with Crippen LogP contribution in [0.15, 0.2) is 48.5 Å². The van der Waals surface area contributed by atoms with Gasteiger partial charge in [-0.25, -0.2) is 4.68 Å². The summed E-state index contributed by atoms with van der Waals surface area (Å²) in [4.78, 5) is 4.30. The maximum Gasteiger partial charge on any atom is 0.243 e. The van der Waals surface area contributed by atoms with Gasteiger partial charge < -0.3 is 9.47 Å². The standard InChI is InChI=1S/C16H14ClN3O2/c1-21-13-7-3-11(4-8-13)15-18-16(17)19-20(15)12-5-9-14(22-2)10-6-12/h3-10H,1-2H3. The monoisotopic (exact) mass is 315 g/mol. The van der Waals surface area contributed by atoms with Gasteiger partial charge in [-0.3, -0.25) is 0 Å². The molecule has 0 saturated carbocycles. The molecule has 0 aliphatic heterocycles. The van der Waals surface area contributed by atoms with Crippen LogP contribution in [0, 0.1) is 0 Å². The molecule has 0 N–H and O–H groups in total. The molecular formula is C16H14ClN3O2. The first-order valence-electron chi connectivity index (χ1n) is 6.62. The number of methoxy groups -OCH3 is 2. The summed E-state index contributed by atoms with van der Waals surface area (Å²) < 4.78 is 12.0. The lowest BCUT2D eigenvalue weighted by Crippen LogP contribution is -1.99. The van der Waals surface area contributed by atoms with Crippen molar-refractivity contribution in [2.45, 2.75) is 0 Å². The number of aromatic nitrogens is 3. The highest BCUT2D eigenvalue weighted by molar-refractivity contribution is 6.28. The minimum atomic E-state index is 0.196. The molecule has 0 aliphatic rings. The predicted octanol–water partition coefficient (Wildman–Crippen LogP) is 3.60. The molecule has 0 atom stereocenters. The van der Waals surface area contributed by atoms with Gasteiger partial charge in [-0.2, -0.15) is 4.98 Å². The molecule has 0 bridgehead atoms. The Morgan fingerprint density at radius 1 is 0.864 bits per heavy atom. The lowest BCUT2D eigenvalue weighted by atomic mass is 10.2. The van der Waals surface area contributed by atoms with Crippen molar-refractivity contribution < 1.29 is 9.47 Å². The molecule has 0 aliphatic carbocycles. The van der Waals surface area contributed by atoms with Crippen molar-refractivity contribution >= 4 is 11.6 Å². The van der Waals surface area contributed by atoms with E-state index in [0.717, 1.165) is 22.7 Å². The van der Waals surface area contributed by atoms with E-state index < -0.39 is 0 Å². The molecule has 1 heterocycles. The van der Waals surface area contributed by atoms with Crippen molar-refractivity contribution in [2.75, 3.05) is 14.2 Å². The predicted molar refractivity (Wildman–Crippen MR) is 84.9 cm³/mol. The zero-order valence-electron chi connectivity index (χ0n) is 12.2. The third-order valence-corrected chi connectivity index (χ3v) is 3.41. The van der Waals surface area contributed by atoms with Gasteiger partial charge in [0.2, 0.25) is 5.28 Å². The summed E-state index contributed by atoms with van der Waals surface area (Å²) in [5, 5.41) is 4.45. The lowest BCUT2D eigenvalue weighted by Gasteiger charge is -2.07. The molecule has 112 valence electrons. The van der Waals surface area contributed by atoms with Gasteiger partial charge in [-0.05, 0) is 60.1 Å². The summed E-state index contributed by atoms with van der Waals surface area (Å²) in [5.74, 6) is 2.23. The van der Waals surface area contributed by atoms with Crippen molar-refractivity contribution in [3.8, 4) is 28.6 Å². The smallest absolute Gasteiger partial charge is 0.243 e. The largest absolute Gasteiger partial charge is 0.497 e. The molecule has 3 aromatic rings. The first kappa shape index (κ1) is 14.4. The molecule has 0 saturated heterocycles. The zero-order valence-corrected chi connectivity index (χ0v) is 12.9. The molecule has 3 rings (SSSR count). The van der Waals surface area contributed by atoms with Crippen LogP contribution in [0.2, 0.25) is 5.28 Å². The minimum absolute atomic E-state index is 0.196. The third-order valence-electron chi connectivity index (χ3n) is 3.25. The van der Waals surface area contributed by atoms with Crippen molar-refractivity contribution in [2.24, 2.45) is 0 Å². The van der Waals surface area contributed by atoms with E-state index in [0.29, 0.717) is 5.82 Å². The first-order valence-corrected chi connectivity index (χ1v) is 7.00. The van der Waals surface area contributed by atoms with Crippen LogP contribution in [0.5, 0.6) is 11.5 Å². The summed E-state index contributed by atoms with van der Waals surface area (Å²) in [5.41, 5.74) is 1.75. The minimum Gasteiger partial charge on any atom is -0.497 e. The van der Waals surface area contributed by atoms with Crippen LogP contribution in [0.4, 0.5) is 0 Å². The number of benzene rings is 2. The van der Waals surface area contributed by atoms with Crippen LogP contribution >= 0.6 is 11.6 Å². The second kappa shape index (κ2) is 6.07. The number of hydrogen-bond acceptors (Lipinski definition) is 4. The quantitative estimate of drug-likeness (QED) is 0.738. The lowest BCUT2D eigenvalue weighted by molar-refractivity contribution is 0.414. The van der Waals surface area contributed by atoms with Gasteiger partial charge in [0.15, 0.2) is 5.82 Å². The van der Waals surface area contributed by atoms with Crippen LogP contribution in [-0.4, -0.2) is 29.0 Å². The Morgan fingerprint density at radius 2 is 1.41 bits per heavy atom. The molecule has 0 radical (unpaired) electrons. The highest BCUT2D eigenvalue weighted by Gasteiger charge is 2.12. The molecule has 0 amide bonds. The summed E-state index contributed by atoms with van der Waals surface area (Å²) in [6.45, 7) is 0. The number of ether oxygens (including phenoxy) is 2. The Labute approximate surface area is 133 Å². The SMILES string of the molecule is COc1ccc(-c2nc(Cl)nn2-c2ccc(OC)cc2)cc1. The number of rotatable bonds is 4. The average molecular weight is 316 g/mol. The second-order valence-corrected chi connectivity index (χ2v) is 4.88. The van der Waals surface area contributed by atoms with Gasteiger partial charge in [0.05, 0.1) is 19.9 Å². The molecule has 1 aromatic heterocycles. The Bertz CT molecular complexity index is 702. The van der Waals surface area contributed by atoms with Gasteiger partial charge in [-0.15, -0.1) is 5.10 Å². The Hall–Kier alpha value is -2.53. The van der Waals surface area contributed by atoms with Crippen molar-refractivity contribution in [1.29, 1.82) is 0 Å². The van der Waals surface area contributed by atoms with Crippen LogP contribution < -0.4 is 9.47 Å². The molecule has 5 nitrogen and oxygen atoms in total. The molecule has 22 heavy (non-hydrogen) atoms. The Morgan fingerprint density at radius 3 is 1.95 bits per heavy atom. The van der Waals surface area contributed by atoms with Crippen LogP contribution in [-0.2, 0) is 0 Å². The summed E-state index contributed by atoms with van der Waals surface area (Å²) in [7, 11) is 3.26. The Kier molecular flexibility index (Phi) is 3.98. The molecule has 0 unspecified atom stereocenters. The number of halogens is 1. The van der Waals surface area contributed by atoms with E-state index in [2.05, 4.69) is 10.1 Å². The van der Waals surface area contributed by atoms with Gasteiger partial charge in [0.1, 0.15) is 11.5 Å². The zero-order chi connectivity index (χ0) is 15.5. The number of nitrogens with zero attached hydrogens (tertiary/aromatic N) is 3. The highest BCUT2D eigenvalue weighted by atomic mass is 35.5. The molecular weight excluding hydrogens is 302 g/mol. The molecule has 6 heteroatoms. The van der Waals surface area contributed by atoms with Gasteiger partial charge in [0.25, 0.3) is 0 Å². The van der Waals surface area contributed by atoms with Gasteiger partial charge in [-0.1, -0.05) is 0 Å². The maximum atomic E-state index is 5.99. The van der Waals surface area contributed by atoms with Gasteiger partial charge >= 0.3 is 0 Å². The van der Waals surface area contributed by atoms with Crippen LogP contribution in [0.25, 0.3) is 17.1 Å². The van der Waals surface area contributed by atoms with Gasteiger partial charge in [0, 0.05) is 5.56 Å². The molecule has 2 aromatic carbocycles. The summed E-state index contributed by atoms with van der Waals surface area (Å²) in [6.07, 6.45) is 0. The van der Waals surface area contributed by atoms with E-state index >= 15 is 0 Å². The normalized spacial score (nSPS) is 10.5. The average Bonchev–Trinajstić information content (AvgIpc) is 2.97. The van der Waals surface area contributed by atoms with E-state index in [9.17, 15) is 0 Å². The van der Waals surface area contributed by atoms with E-state index in [1.165, 1.54) is 0 Å². The molecule has 0 fully saturated rings.